The van der Waals surface area contributed by atoms with E-state index in [2.05, 4.69) is 58.8 Å². The summed E-state index contributed by atoms with van der Waals surface area (Å²) in [5, 5.41) is 8.86. The van der Waals surface area contributed by atoms with Gasteiger partial charge in [0.2, 0.25) is 0 Å². The monoisotopic (exact) mass is 476 g/mol. The van der Waals surface area contributed by atoms with E-state index in [1.807, 2.05) is 12.1 Å². The molecule has 0 aliphatic carbocycles. The van der Waals surface area contributed by atoms with Gasteiger partial charge in [-0.25, -0.2) is 4.99 Å². The second-order valence-electron chi connectivity index (χ2n) is 5.41. The number of furan rings is 1. The van der Waals surface area contributed by atoms with Gasteiger partial charge in [-0.05, 0) is 43.6 Å². The lowest BCUT2D eigenvalue weighted by Crippen LogP contribution is -2.43. The van der Waals surface area contributed by atoms with E-state index in [1.165, 1.54) is 4.88 Å². The van der Waals surface area contributed by atoms with Crippen LogP contribution in [0.25, 0.3) is 0 Å². The first-order valence-corrected chi connectivity index (χ1v) is 9.48. The van der Waals surface area contributed by atoms with Crippen LogP contribution in [0.4, 0.5) is 0 Å². The molecule has 2 N–H and O–H groups in total. The Morgan fingerprint density at radius 3 is 2.56 bits per heavy atom. The van der Waals surface area contributed by atoms with Crippen molar-refractivity contribution in [3.8, 4) is 0 Å². The molecule has 0 saturated heterocycles. The summed E-state index contributed by atoms with van der Waals surface area (Å²) in [4.78, 5) is 8.32. The molecule has 2 rings (SSSR count). The average molecular weight is 476 g/mol. The number of rotatable bonds is 9. The van der Waals surface area contributed by atoms with Crippen LogP contribution < -0.4 is 10.6 Å². The minimum absolute atomic E-state index is 0. The van der Waals surface area contributed by atoms with Gasteiger partial charge in [-0.1, -0.05) is 19.9 Å². The molecule has 0 spiro atoms. The van der Waals surface area contributed by atoms with E-state index in [-0.39, 0.29) is 30.0 Å². The topological polar surface area (TPSA) is 52.8 Å². The highest BCUT2D eigenvalue weighted by Crippen LogP contribution is 2.20. The minimum atomic E-state index is 0. The Morgan fingerprint density at radius 2 is 2.00 bits per heavy atom. The summed E-state index contributed by atoms with van der Waals surface area (Å²) in [6.45, 7) is 10.7. The SMILES string of the molecule is CCNC(=NCc1cccs1)NCC(c1ccco1)N(CC)CC.I. The summed E-state index contributed by atoms with van der Waals surface area (Å²) >= 11 is 1.73. The van der Waals surface area contributed by atoms with Gasteiger partial charge in [0.25, 0.3) is 0 Å². The van der Waals surface area contributed by atoms with Crippen LogP contribution in [0.15, 0.2) is 45.3 Å². The van der Waals surface area contributed by atoms with Crippen molar-refractivity contribution >= 4 is 41.3 Å². The van der Waals surface area contributed by atoms with E-state index >= 15 is 0 Å². The molecule has 1 unspecified atom stereocenters. The second kappa shape index (κ2) is 12.3. The van der Waals surface area contributed by atoms with Gasteiger partial charge in [-0.2, -0.15) is 0 Å². The fraction of sp³-hybridized carbons (Fsp3) is 0.500. The maximum atomic E-state index is 5.65. The van der Waals surface area contributed by atoms with Crippen LogP contribution in [-0.2, 0) is 6.54 Å². The van der Waals surface area contributed by atoms with Crippen molar-refractivity contribution in [2.75, 3.05) is 26.2 Å². The summed E-state index contributed by atoms with van der Waals surface area (Å²) < 4.78 is 5.65. The highest BCUT2D eigenvalue weighted by Gasteiger charge is 2.20. The average Bonchev–Trinajstić information content (AvgIpc) is 3.29. The lowest BCUT2D eigenvalue weighted by atomic mass is 10.2. The van der Waals surface area contributed by atoms with Crippen LogP contribution in [-0.4, -0.2) is 37.0 Å². The molecular weight excluding hydrogens is 447 g/mol. The first kappa shape index (κ1) is 22.0. The zero-order valence-electron chi connectivity index (χ0n) is 15.2. The normalized spacial score (nSPS) is 12.7. The van der Waals surface area contributed by atoms with E-state index in [4.69, 9.17) is 4.42 Å². The van der Waals surface area contributed by atoms with E-state index in [1.54, 1.807) is 17.6 Å². The molecule has 0 bridgehead atoms. The van der Waals surface area contributed by atoms with Crippen molar-refractivity contribution in [3.63, 3.8) is 0 Å². The van der Waals surface area contributed by atoms with Gasteiger partial charge in [0, 0.05) is 18.0 Å². The van der Waals surface area contributed by atoms with E-state index in [0.29, 0.717) is 6.54 Å². The number of hydrogen-bond donors (Lipinski definition) is 2. The molecular formula is C18H29IN4OS. The van der Waals surface area contributed by atoms with Gasteiger partial charge in [0.1, 0.15) is 5.76 Å². The van der Waals surface area contributed by atoms with Crippen molar-refractivity contribution in [3.05, 3.63) is 46.5 Å². The highest BCUT2D eigenvalue weighted by atomic mass is 127. The van der Waals surface area contributed by atoms with Crippen LogP contribution >= 0.6 is 35.3 Å². The van der Waals surface area contributed by atoms with Crippen molar-refractivity contribution in [1.29, 1.82) is 0 Å². The van der Waals surface area contributed by atoms with E-state index in [0.717, 1.165) is 37.9 Å². The smallest absolute Gasteiger partial charge is 0.191 e. The number of guanidine groups is 1. The lowest BCUT2D eigenvalue weighted by Gasteiger charge is -2.28. The number of halogens is 1. The largest absolute Gasteiger partial charge is 0.468 e. The molecule has 0 saturated carbocycles. The Bertz CT molecular complexity index is 582. The third kappa shape index (κ3) is 6.99. The van der Waals surface area contributed by atoms with Gasteiger partial charge in [0.05, 0.1) is 18.8 Å². The van der Waals surface area contributed by atoms with Crippen LogP contribution in [0.2, 0.25) is 0 Å². The van der Waals surface area contributed by atoms with Crippen LogP contribution in [0.5, 0.6) is 0 Å². The number of nitrogens with zero attached hydrogens (tertiary/aromatic N) is 2. The van der Waals surface area contributed by atoms with Gasteiger partial charge in [0.15, 0.2) is 5.96 Å². The molecule has 2 aromatic heterocycles. The summed E-state index contributed by atoms with van der Waals surface area (Å²) in [7, 11) is 0. The summed E-state index contributed by atoms with van der Waals surface area (Å²) in [6.07, 6.45) is 1.74. The standard InChI is InChI=1S/C18H28N4OS.HI/c1-4-19-18(20-13-15-9-8-12-24-15)21-14-16(22(5-2)6-3)17-10-7-11-23-17;/h7-12,16H,4-6,13-14H2,1-3H3,(H2,19,20,21);1H. The molecule has 2 heterocycles. The molecule has 7 heteroatoms. The molecule has 5 nitrogen and oxygen atoms in total. The number of likely N-dealkylation sites (N-methyl/N-ethyl adjacent to an activating group) is 1. The quantitative estimate of drug-likeness (QED) is 0.325. The molecule has 0 aliphatic heterocycles. The Hall–Kier alpha value is -1.06. The van der Waals surface area contributed by atoms with E-state index in [9.17, 15) is 0 Å². The molecule has 2 aromatic rings. The predicted molar refractivity (Wildman–Crippen MR) is 117 cm³/mol. The third-order valence-corrected chi connectivity index (χ3v) is 4.77. The molecule has 0 radical (unpaired) electrons. The van der Waals surface area contributed by atoms with Gasteiger partial charge < -0.3 is 15.1 Å². The maximum absolute atomic E-state index is 5.65. The number of hydrogen-bond acceptors (Lipinski definition) is 4. The van der Waals surface area contributed by atoms with E-state index < -0.39 is 0 Å². The Kier molecular flexibility index (Phi) is 10.8. The molecule has 25 heavy (non-hydrogen) atoms. The van der Waals surface area contributed by atoms with Crippen molar-refractivity contribution in [2.24, 2.45) is 4.99 Å². The zero-order valence-corrected chi connectivity index (χ0v) is 18.3. The summed E-state index contributed by atoms with van der Waals surface area (Å²) in [6, 6.07) is 8.35. The molecule has 140 valence electrons. The van der Waals surface area contributed by atoms with Crippen molar-refractivity contribution < 1.29 is 4.42 Å². The first-order chi connectivity index (χ1) is 11.8. The predicted octanol–water partition coefficient (Wildman–Crippen LogP) is 4.10. The number of nitrogens with one attached hydrogen (secondary N) is 2. The van der Waals surface area contributed by atoms with Crippen LogP contribution in [0.3, 0.4) is 0 Å². The molecule has 0 aromatic carbocycles. The Morgan fingerprint density at radius 1 is 1.20 bits per heavy atom. The lowest BCUT2D eigenvalue weighted by molar-refractivity contribution is 0.193. The molecule has 0 aliphatic rings. The van der Waals surface area contributed by atoms with Crippen molar-refractivity contribution in [1.82, 2.24) is 15.5 Å². The fourth-order valence-corrected chi connectivity index (χ4v) is 3.28. The Labute approximate surface area is 171 Å². The molecule has 0 amide bonds. The Balaban J connectivity index is 0.00000312. The highest BCUT2D eigenvalue weighted by molar-refractivity contribution is 14.0. The zero-order chi connectivity index (χ0) is 17.2. The fourth-order valence-electron chi connectivity index (χ4n) is 2.65. The minimum Gasteiger partial charge on any atom is -0.468 e. The van der Waals surface area contributed by atoms with Gasteiger partial charge >= 0.3 is 0 Å². The van der Waals surface area contributed by atoms with Crippen molar-refractivity contribution in [2.45, 2.75) is 33.4 Å². The molecule has 0 fully saturated rings. The number of aliphatic imine (C=N–C) groups is 1. The summed E-state index contributed by atoms with van der Waals surface area (Å²) in [5.74, 6) is 1.83. The van der Waals surface area contributed by atoms with Crippen LogP contribution in [0.1, 0.15) is 37.5 Å². The number of thiophene rings is 1. The first-order valence-electron chi connectivity index (χ1n) is 8.60. The van der Waals surface area contributed by atoms with Gasteiger partial charge in [-0.3, -0.25) is 4.90 Å². The third-order valence-electron chi connectivity index (χ3n) is 3.90. The molecule has 1 atom stereocenters. The van der Waals surface area contributed by atoms with Gasteiger partial charge in [-0.15, -0.1) is 35.3 Å². The summed E-state index contributed by atoms with van der Waals surface area (Å²) in [5.41, 5.74) is 0. The second-order valence-corrected chi connectivity index (χ2v) is 6.44. The maximum Gasteiger partial charge on any atom is 0.191 e. The van der Waals surface area contributed by atoms with Crippen LogP contribution in [0, 0.1) is 0 Å².